The number of rotatable bonds is 3. The maximum atomic E-state index is 14.6. The fourth-order valence-electron chi connectivity index (χ4n) is 4.14. The Bertz CT molecular complexity index is 848. The zero-order chi connectivity index (χ0) is 19.0. The van der Waals surface area contributed by atoms with Crippen molar-refractivity contribution in [1.82, 2.24) is 5.32 Å². The normalized spacial score (nSPS) is 23.9. The van der Waals surface area contributed by atoms with Crippen LogP contribution in [0.2, 0.25) is 5.02 Å². The summed E-state index contributed by atoms with van der Waals surface area (Å²) in [7, 11) is 1.61. The quantitative estimate of drug-likeness (QED) is 0.804. The Kier molecular flexibility index (Phi) is 5.06. The van der Waals surface area contributed by atoms with Crippen molar-refractivity contribution in [3.8, 4) is 11.1 Å². The first-order chi connectivity index (χ1) is 13.0. The Morgan fingerprint density at radius 3 is 2.59 bits per heavy atom. The summed E-state index contributed by atoms with van der Waals surface area (Å²) >= 11 is 6.07. The van der Waals surface area contributed by atoms with E-state index in [4.69, 9.17) is 16.3 Å². The topological polar surface area (TPSA) is 41.6 Å². The lowest BCUT2D eigenvalue weighted by molar-refractivity contribution is 0.0730. The number of ether oxygens (including phenoxy) is 1. The molecule has 2 aliphatic heterocycles. The molecule has 6 heteroatoms. The second-order valence-corrected chi connectivity index (χ2v) is 7.75. The first kappa shape index (κ1) is 18.3. The minimum absolute atomic E-state index is 0.0955. The summed E-state index contributed by atoms with van der Waals surface area (Å²) in [6, 6.07) is 12.5. The predicted molar refractivity (Wildman–Crippen MR) is 105 cm³/mol. The Balaban J connectivity index is 1.57. The van der Waals surface area contributed by atoms with Gasteiger partial charge in [0, 0.05) is 29.7 Å². The molecule has 1 N–H and O–H groups in total. The van der Waals surface area contributed by atoms with E-state index in [-0.39, 0.29) is 6.10 Å². The van der Waals surface area contributed by atoms with Crippen molar-refractivity contribution in [3.05, 3.63) is 53.3 Å². The molecule has 2 saturated heterocycles. The molecule has 2 aliphatic rings. The van der Waals surface area contributed by atoms with E-state index in [1.807, 2.05) is 0 Å². The number of amides is 1. The van der Waals surface area contributed by atoms with Crippen molar-refractivity contribution in [3.63, 3.8) is 0 Å². The fourth-order valence-corrected chi connectivity index (χ4v) is 4.33. The van der Waals surface area contributed by atoms with Gasteiger partial charge in [0.1, 0.15) is 11.9 Å². The number of fused-ring (bicyclic) bond motifs is 2. The number of hydrogen-bond donors (Lipinski definition) is 1. The summed E-state index contributed by atoms with van der Waals surface area (Å²) < 4.78 is 20.4. The molecule has 1 amide bonds. The van der Waals surface area contributed by atoms with Crippen LogP contribution >= 0.6 is 11.6 Å². The van der Waals surface area contributed by atoms with Gasteiger partial charge in [0.25, 0.3) is 0 Å². The Morgan fingerprint density at radius 1 is 1.19 bits per heavy atom. The van der Waals surface area contributed by atoms with Crippen LogP contribution < -0.4 is 10.2 Å². The van der Waals surface area contributed by atoms with Crippen LogP contribution in [0.3, 0.4) is 0 Å². The number of benzene rings is 2. The van der Waals surface area contributed by atoms with Crippen molar-refractivity contribution in [1.29, 1.82) is 0 Å². The van der Waals surface area contributed by atoms with E-state index in [2.05, 4.69) is 5.32 Å². The maximum Gasteiger partial charge on any atom is 0.414 e. The number of halogens is 2. The van der Waals surface area contributed by atoms with Crippen LogP contribution in [-0.2, 0) is 4.74 Å². The fraction of sp³-hybridized carbons (Fsp3) is 0.381. The standard InChI is InChI=1S/C21H22ClFN2O2/c1-25(21(26)27-17-11-15-8-9-16(12-17)24-15)19-7-3-6-18(23)20(19)13-4-2-5-14(22)10-13/h2-7,10,15-17,24H,8-9,11-12H2,1H3. The van der Waals surface area contributed by atoms with Crippen molar-refractivity contribution in [2.24, 2.45) is 0 Å². The molecule has 0 saturated carbocycles. The number of anilines is 1. The minimum Gasteiger partial charge on any atom is -0.446 e. The van der Waals surface area contributed by atoms with Crippen LogP contribution in [0.4, 0.5) is 14.9 Å². The summed E-state index contributed by atoms with van der Waals surface area (Å²) in [4.78, 5) is 14.1. The molecular weight excluding hydrogens is 367 g/mol. The molecule has 2 bridgehead atoms. The van der Waals surface area contributed by atoms with E-state index in [0.29, 0.717) is 33.9 Å². The summed E-state index contributed by atoms with van der Waals surface area (Å²) in [6.07, 6.45) is 3.38. The van der Waals surface area contributed by atoms with Gasteiger partial charge >= 0.3 is 6.09 Å². The number of piperidine rings is 1. The number of hydrogen-bond acceptors (Lipinski definition) is 3. The SMILES string of the molecule is CN(C(=O)OC1CC2CCC(C1)N2)c1cccc(F)c1-c1cccc(Cl)c1. The largest absolute Gasteiger partial charge is 0.446 e. The van der Waals surface area contributed by atoms with Crippen LogP contribution in [0.5, 0.6) is 0 Å². The Morgan fingerprint density at radius 2 is 1.89 bits per heavy atom. The molecule has 4 rings (SSSR count). The van der Waals surface area contributed by atoms with Crippen LogP contribution in [0.25, 0.3) is 11.1 Å². The first-order valence-corrected chi connectivity index (χ1v) is 9.64. The number of carbonyl (C=O) groups is 1. The van der Waals surface area contributed by atoms with E-state index in [1.54, 1.807) is 43.4 Å². The zero-order valence-electron chi connectivity index (χ0n) is 15.1. The summed E-state index contributed by atoms with van der Waals surface area (Å²) in [5.41, 5.74) is 1.42. The highest BCUT2D eigenvalue weighted by atomic mass is 35.5. The number of nitrogens with zero attached hydrogens (tertiary/aromatic N) is 1. The molecule has 0 radical (unpaired) electrons. The van der Waals surface area contributed by atoms with E-state index in [9.17, 15) is 9.18 Å². The van der Waals surface area contributed by atoms with Crippen molar-refractivity contribution in [2.45, 2.75) is 43.9 Å². The first-order valence-electron chi connectivity index (χ1n) is 9.26. The molecule has 2 aromatic rings. The van der Waals surface area contributed by atoms with Crippen molar-refractivity contribution >= 4 is 23.4 Å². The van der Waals surface area contributed by atoms with Gasteiger partial charge in [-0.15, -0.1) is 0 Å². The molecule has 0 aliphatic carbocycles. The summed E-state index contributed by atoms with van der Waals surface area (Å²) in [5, 5.41) is 4.04. The number of carbonyl (C=O) groups excluding carboxylic acids is 1. The summed E-state index contributed by atoms with van der Waals surface area (Å²) in [5.74, 6) is -0.408. The minimum atomic E-state index is -0.463. The molecule has 0 aromatic heterocycles. The maximum absolute atomic E-state index is 14.6. The van der Waals surface area contributed by atoms with Gasteiger partial charge < -0.3 is 10.1 Å². The predicted octanol–water partition coefficient (Wildman–Crippen LogP) is 5.00. The molecule has 0 spiro atoms. The van der Waals surface area contributed by atoms with E-state index in [1.165, 1.54) is 11.0 Å². The average Bonchev–Trinajstić information content (AvgIpc) is 2.99. The van der Waals surface area contributed by atoms with Gasteiger partial charge in [0.2, 0.25) is 0 Å². The second-order valence-electron chi connectivity index (χ2n) is 7.32. The van der Waals surface area contributed by atoms with E-state index in [0.717, 1.165) is 25.7 Å². The third-order valence-electron chi connectivity index (χ3n) is 5.44. The van der Waals surface area contributed by atoms with Crippen LogP contribution in [0.1, 0.15) is 25.7 Å². The Hall–Kier alpha value is -2.11. The average molecular weight is 389 g/mol. The van der Waals surface area contributed by atoms with Gasteiger partial charge in [-0.1, -0.05) is 29.8 Å². The molecule has 4 nitrogen and oxygen atoms in total. The van der Waals surface area contributed by atoms with Gasteiger partial charge in [0.05, 0.1) is 5.69 Å². The highest BCUT2D eigenvalue weighted by molar-refractivity contribution is 6.30. The molecule has 27 heavy (non-hydrogen) atoms. The highest BCUT2D eigenvalue weighted by Gasteiger charge is 2.36. The third kappa shape index (κ3) is 3.80. The van der Waals surface area contributed by atoms with Crippen molar-refractivity contribution in [2.75, 3.05) is 11.9 Å². The Labute approximate surface area is 163 Å². The van der Waals surface area contributed by atoms with Crippen LogP contribution in [0, 0.1) is 5.82 Å². The van der Waals surface area contributed by atoms with Gasteiger partial charge in [-0.25, -0.2) is 9.18 Å². The lowest BCUT2D eigenvalue weighted by Gasteiger charge is -2.30. The van der Waals surface area contributed by atoms with Crippen LogP contribution in [-0.4, -0.2) is 31.3 Å². The van der Waals surface area contributed by atoms with E-state index < -0.39 is 11.9 Å². The molecule has 2 unspecified atom stereocenters. The molecule has 2 atom stereocenters. The summed E-state index contributed by atoms with van der Waals surface area (Å²) in [6.45, 7) is 0. The lowest BCUT2D eigenvalue weighted by Crippen LogP contribution is -2.43. The van der Waals surface area contributed by atoms with Gasteiger partial charge in [-0.2, -0.15) is 0 Å². The van der Waals surface area contributed by atoms with Crippen molar-refractivity contribution < 1.29 is 13.9 Å². The van der Waals surface area contributed by atoms with Gasteiger partial charge in [-0.05, 0) is 55.5 Å². The number of nitrogens with one attached hydrogen (secondary N) is 1. The molecule has 2 fully saturated rings. The van der Waals surface area contributed by atoms with E-state index >= 15 is 0 Å². The molecule has 2 aromatic carbocycles. The van der Waals surface area contributed by atoms with Crippen LogP contribution in [0.15, 0.2) is 42.5 Å². The monoisotopic (exact) mass is 388 g/mol. The lowest BCUT2D eigenvalue weighted by atomic mass is 10.0. The molecule has 2 heterocycles. The molecule has 142 valence electrons. The second kappa shape index (κ2) is 7.49. The highest BCUT2D eigenvalue weighted by Crippen LogP contribution is 2.35. The third-order valence-corrected chi connectivity index (χ3v) is 5.67. The smallest absolute Gasteiger partial charge is 0.414 e. The molecular formula is C21H22ClFN2O2. The zero-order valence-corrected chi connectivity index (χ0v) is 15.9. The van der Waals surface area contributed by atoms with Gasteiger partial charge in [0.15, 0.2) is 0 Å². The van der Waals surface area contributed by atoms with Gasteiger partial charge in [-0.3, -0.25) is 4.90 Å².